The van der Waals surface area contributed by atoms with Crippen LogP contribution in [-0.4, -0.2) is 31.8 Å². The van der Waals surface area contributed by atoms with Crippen molar-refractivity contribution in [1.82, 2.24) is 0 Å². The largest absolute Gasteiger partial charge is 0.504 e. The van der Waals surface area contributed by atoms with Crippen LogP contribution in [0.2, 0.25) is 0 Å². The summed E-state index contributed by atoms with van der Waals surface area (Å²) >= 11 is 0. The smallest absolute Gasteiger partial charge is 0.244 e. The van der Waals surface area contributed by atoms with Crippen LogP contribution in [-0.2, 0) is 6.42 Å². The second kappa shape index (κ2) is 5.91. The number of fused-ring (bicyclic) bond motifs is 1. The van der Waals surface area contributed by atoms with Gasteiger partial charge in [-0.2, -0.15) is 0 Å². The summed E-state index contributed by atoms with van der Waals surface area (Å²) in [6.45, 7) is 0. The fourth-order valence-electron chi connectivity index (χ4n) is 2.73. The monoisotopic (exact) mass is 348 g/mol. The number of aliphatic hydroxyl groups excluding tert-OH is 1. The molecule has 0 aliphatic carbocycles. The highest BCUT2D eigenvalue weighted by molar-refractivity contribution is 5.43. The lowest BCUT2D eigenvalue weighted by Crippen LogP contribution is -2.52. The maximum absolute atomic E-state index is 12.2. The van der Waals surface area contributed by atoms with Crippen molar-refractivity contribution in [1.29, 1.82) is 0 Å². The van der Waals surface area contributed by atoms with E-state index in [1.165, 1.54) is 12.1 Å². The van der Waals surface area contributed by atoms with Gasteiger partial charge in [-0.3, -0.25) is 9.59 Å². The first-order valence-electron chi connectivity index (χ1n) is 7.02. The summed E-state index contributed by atoms with van der Waals surface area (Å²) in [6, 6.07) is 3.70. The Labute approximate surface area is 138 Å². The molecule has 0 amide bonds. The van der Waals surface area contributed by atoms with E-state index in [4.69, 9.17) is 15.2 Å². The van der Waals surface area contributed by atoms with Crippen molar-refractivity contribution in [3.05, 3.63) is 60.5 Å². The molecule has 0 bridgehead atoms. The van der Waals surface area contributed by atoms with Crippen LogP contribution >= 0.6 is 0 Å². The second-order valence-corrected chi connectivity index (χ2v) is 5.42. The number of ether oxygens (including phenoxy) is 1. The van der Waals surface area contributed by atoms with Gasteiger partial charge >= 0.3 is 0 Å². The molecule has 2 aromatic carbocycles. The summed E-state index contributed by atoms with van der Waals surface area (Å²) < 4.78 is 5.49. The second-order valence-electron chi connectivity index (χ2n) is 5.42. The average Bonchev–Trinajstić information content (AvgIpc) is 2.58. The Bertz CT molecular complexity index is 1070. The Kier molecular flexibility index (Phi) is 3.89. The first kappa shape index (κ1) is 16.5. The Morgan fingerprint density at radius 1 is 1.00 bits per heavy atom. The van der Waals surface area contributed by atoms with E-state index in [9.17, 15) is 24.9 Å². The van der Waals surface area contributed by atoms with Crippen LogP contribution < -0.4 is 26.3 Å². The van der Waals surface area contributed by atoms with E-state index in [1.54, 1.807) is 0 Å². The third-order valence-electron chi connectivity index (χ3n) is 3.94. The third kappa shape index (κ3) is 2.48. The lowest BCUT2D eigenvalue weighted by molar-refractivity contribution is 0.0186. The van der Waals surface area contributed by atoms with Crippen molar-refractivity contribution in [2.75, 3.05) is 0 Å². The van der Waals surface area contributed by atoms with Gasteiger partial charge in [-0.15, -0.1) is 0 Å². The standard InChI is InChI=1S/C15H12N2O8/c18-7-2-1-5(3-8(7)19)14-9(20)4-6-12(21)10(16-23)13(22)11(17-24)15(6)25-14/h1-3,9,14,18-20,23-24H,4H2/b16-10-,17-11-/t9-,14-/m1/s1. The van der Waals surface area contributed by atoms with Gasteiger partial charge in [-0.05, 0) is 17.7 Å². The molecule has 1 aliphatic rings. The quantitative estimate of drug-likeness (QED) is 0.231. The summed E-state index contributed by atoms with van der Waals surface area (Å²) in [7, 11) is 0. The summed E-state index contributed by atoms with van der Waals surface area (Å²) in [5, 5.41) is 51.0. The van der Waals surface area contributed by atoms with Gasteiger partial charge in [0.15, 0.2) is 34.1 Å². The molecule has 25 heavy (non-hydrogen) atoms. The maximum Gasteiger partial charge on any atom is 0.244 e. The van der Waals surface area contributed by atoms with Gasteiger partial charge in [-0.25, -0.2) is 0 Å². The summed E-state index contributed by atoms with van der Waals surface area (Å²) in [6.07, 6.45) is -2.62. The van der Waals surface area contributed by atoms with Crippen LogP contribution in [0, 0.1) is 0 Å². The third-order valence-corrected chi connectivity index (χ3v) is 3.94. The molecule has 10 nitrogen and oxygen atoms in total. The Morgan fingerprint density at radius 3 is 2.28 bits per heavy atom. The van der Waals surface area contributed by atoms with Crippen LogP contribution in [0.5, 0.6) is 17.2 Å². The Hall–Kier alpha value is -3.40. The van der Waals surface area contributed by atoms with Crippen molar-refractivity contribution in [2.45, 2.75) is 18.6 Å². The molecule has 0 aromatic heterocycles. The predicted molar refractivity (Wildman–Crippen MR) is 78.9 cm³/mol. The van der Waals surface area contributed by atoms with Gasteiger partial charge in [0.1, 0.15) is 0 Å². The number of hydrogen-bond acceptors (Lipinski definition) is 10. The molecule has 0 unspecified atom stereocenters. The Morgan fingerprint density at radius 2 is 1.68 bits per heavy atom. The van der Waals surface area contributed by atoms with Gasteiger partial charge in [0.25, 0.3) is 0 Å². The number of phenols is 2. The SMILES string of the molecule is O=c1c2c(/c(=N\O)c(=O)/c1=N\O)O[C@H](c1ccc(O)c(O)c1)[C@H](O)C2. The lowest BCUT2D eigenvalue weighted by Gasteiger charge is -2.30. The van der Waals surface area contributed by atoms with Gasteiger partial charge in [-0.1, -0.05) is 16.4 Å². The zero-order valence-corrected chi connectivity index (χ0v) is 12.4. The van der Waals surface area contributed by atoms with Gasteiger partial charge in [0, 0.05) is 12.0 Å². The first-order chi connectivity index (χ1) is 11.9. The fraction of sp³-hybridized carbons (Fsp3) is 0.200. The van der Waals surface area contributed by atoms with Crippen molar-refractivity contribution in [3.8, 4) is 17.2 Å². The molecule has 3 rings (SSSR count). The maximum atomic E-state index is 12.2. The zero-order valence-electron chi connectivity index (χ0n) is 12.4. The van der Waals surface area contributed by atoms with Gasteiger partial charge in [0.05, 0.1) is 6.10 Å². The average molecular weight is 348 g/mol. The highest BCUT2D eigenvalue weighted by Gasteiger charge is 2.34. The molecule has 2 aromatic rings. The van der Waals surface area contributed by atoms with Crippen LogP contribution in [0.4, 0.5) is 0 Å². The normalized spacial score (nSPS) is 21.0. The van der Waals surface area contributed by atoms with E-state index in [0.29, 0.717) is 0 Å². The first-order valence-corrected chi connectivity index (χ1v) is 7.02. The highest BCUT2D eigenvalue weighted by atomic mass is 16.5. The molecule has 130 valence electrons. The lowest BCUT2D eigenvalue weighted by atomic mass is 9.94. The van der Waals surface area contributed by atoms with E-state index in [2.05, 4.69) is 10.3 Å². The molecule has 0 saturated carbocycles. The molecule has 10 heteroatoms. The number of rotatable bonds is 1. The molecule has 0 radical (unpaired) electrons. The molecule has 2 atom stereocenters. The predicted octanol–water partition coefficient (Wildman–Crippen LogP) is -1.69. The molecule has 5 N–H and O–H groups in total. The number of hydrogen-bond donors (Lipinski definition) is 5. The van der Waals surface area contributed by atoms with E-state index < -0.39 is 39.5 Å². The van der Waals surface area contributed by atoms with E-state index in [1.807, 2.05) is 0 Å². The van der Waals surface area contributed by atoms with Crippen LogP contribution in [0.3, 0.4) is 0 Å². The molecule has 1 heterocycles. The van der Waals surface area contributed by atoms with Crippen molar-refractivity contribution >= 4 is 0 Å². The topological polar surface area (TPSA) is 169 Å². The van der Waals surface area contributed by atoms with Gasteiger partial charge in [0.2, 0.25) is 10.9 Å². The fourth-order valence-corrected chi connectivity index (χ4v) is 2.73. The van der Waals surface area contributed by atoms with E-state index in [0.717, 1.165) is 6.07 Å². The summed E-state index contributed by atoms with van der Waals surface area (Å²) in [5.74, 6) is -1.17. The van der Waals surface area contributed by atoms with E-state index in [-0.39, 0.29) is 29.0 Å². The number of phenolic OH excluding ortho intramolecular Hbond substituents is 2. The van der Waals surface area contributed by atoms with Crippen molar-refractivity contribution in [3.63, 3.8) is 0 Å². The number of aromatic hydroxyl groups is 2. The van der Waals surface area contributed by atoms with Crippen LogP contribution in [0.1, 0.15) is 17.2 Å². The molecule has 1 aliphatic heterocycles. The van der Waals surface area contributed by atoms with E-state index >= 15 is 0 Å². The number of aliphatic hydroxyl groups is 1. The van der Waals surface area contributed by atoms with Crippen molar-refractivity contribution < 1.29 is 30.5 Å². The summed E-state index contributed by atoms with van der Waals surface area (Å²) in [5.41, 5.74) is -1.99. The Balaban J connectivity index is 2.22. The number of benzene rings is 2. The number of nitrogens with zero attached hydrogens (tertiary/aromatic N) is 2. The molecule has 0 spiro atoms. The zero-order chi connectivity index (χ0) is 18.3. The minimum absolute atomic E-state index is 0.174. The summed E-state index contributed by atoms with van der Waals surface area (Å²) in [4.78, 5) is 24.2. The minimum atomic E-state index is -1.25. The van der Waals surface area contributed by atoms with Crippen LogP contribution in [0.15, 0.2) is 38.1 Å². The van der Waals surface area contributed by atoms with Gasteiger partial charge < -0.3 is 30.5 Å². The minimum Gasteiger partial charge on any atom is -0.504 e. The molecule has 0 fully saturated rings. The molecular formula is C15H12N2O8. The molecule has 0 saturated heterocycles. The molecular weight excluding hydrogens is 336 g/mol. The highest BCUT2D eigenvalue weighted by Crippen LogP contribution is 2.34. The van der Waals surface area contributed by atoms with Crippen molar-refractivity contribution in [2.24, 2.45) is 10.3 Å². The van der Waals surface area contributed by atoms with Crippen LogP contribution in [0.25, 0.3) is 0 Å².